The number of fused-ring (bicyclic) bond motifs is 1. The zero-order chi connectivity index (χ0) is 20.5. The summed E-state index contributed by atoms with van der Waals surface area (Å²) < 4.78 is 5.29. The van der Waals surface area contributed by atoms with Crippen molar-refractivity contribution >= 4 is 50.9 Å². The Morgan fingerprint density at radius 2 is 1.97 bits per heavy atom. The second-order valence-electron chi connectivity index (χ2n) is 6.69. The van der Waals surface area contributed by atoms with Crippen molar-refractivity contribution in [3.63, 3.8) is 0 Å². The molecule has 0 saturated heterocycles. The van der Waals surface area contributed by atoms with Crippen molar-refractivity contribution in [1.82, 2.24) is 10.4 Å². The average Bonchev–Trinajstić information content (AvgIpc) is 3.20. The van der Waals surface area contributed by atoms with Crippen molar-refractivity contribution in [2.75, 3.05) is 12.4 Å². The van der Waals surface area contributed by atoms with Crippen LogP contribution >= 0.6 is 23.4 Å². The highest BCUT2D eigenvalue weighted by atomic mass is 35.5. The number of hydrogen-bond donors (Lipinski definition) is 2. The number of amides is 1. The van der Waals surface area contributed by atoms with Gasteiger partial charge >= 0.3 is 0 Å². The highest BCUT2D eigenvalue weighted by Crippen LogP contribution is 2.37. The van der Waals surface area contributed by atoms with Gasteiger partial charge < -0.3 is 10.1 Å². The second kappa shape index (κ2) is 7.93. The van der Waals surface area contributed by atoms with Crippen LogP contribution in [-0.2, 0) is 4.79 Å². The van der Waals surface area contributed by atoms with Crippen LogP contribution in [0.3, 0.4) is 0 Å². The first-order chi connectivity index (χ1) is 14.0. The van der Waals surface area contributed by atoms with Gasteiger partial charge in [0.15, 0.2) is 5.04 Å². The third-order valence-corrected chi connectivity index (χ3v) is 6.11. The van der Waals surface area contributed by atoms with Gasteiger partial charge in [-0.05, 0) is 49.2 Å². The highest BCUT2D eigenvalue weighted by Gasteiger charge is 2.28. The Hall–Kier alpha value is -2.77. The summed E-state index contributed by atoms with van der Waals surface area (Å²) >= 11 is 7.72. The molecule has 6 nitrogen and oxygen atoms in total. The molecule has 0 spiro atoms. The molecule has 148 valence electrons. The minimum atomic E-state index is -0.302. The Balaban J connectivity index is 1.54. The number of carbonyl (C=O) groups is 1. The molecule has 0 saturated carbocycles. The number of halogens is 1. The largest absolute Gasteiger partial charge is 0.497 e. The molecule has 2 heterocycles. The Morgan fingerprint density at radius 3 is 2.69 bits per heavy atom. The molecule has 0 bridgehead atoms. The molecule has 0 aliphatic carbocycles. The standard InChI is InChI=1S/C21H19ClN4O2S/c1-11-5-4-6-12(2)17(11)24-19(27)21-26-25-20(29-21)15-10-13-9-14(28-3)7-8-16(13)23-18(15)22/h4-10,20,25H,1-3H3,(H,24,27). The Bertz CT molecular complexity index is 1130. The fourth-order valence-corrected chi connectivity index (χ4v) is 4.37. The van der Waals surface area contributed by atoms with E-state index in [1.165, 1.54) is 11.8 Å². The van der Waals surface area contributed by atoms with Crippen LogP contribution in [0.1, 0.15) is 22.1 Å². The van der Waals surface area contributed by atoms with E-state index in [2.05, 4.69) is 20.8 Å². The number of pyridine rings is 1. The first-order valence-corrected chi connectivity index (χ1v) is 10.2. The number of rotatable bonds is 4. The lowest BCUT2D eigenvalue weighted by Gasteiger charge is -2.13. The van der Waals surface area contributed by atoms with Gasteiger partial charge in [-0.25, -0.2) is 4.98 Å². The Morgan fingerprint density at radius 1 is 1.21 bits per heavy atom. The monoisotopic (exact) mass is 426 g/mol. The number of thioether (sulfide) groups is 1. The Kier molecular flexibility index (Phi) is 5.34. The van der Waals surface area contributed by atoms with E-state index in [-0.39, 0.29) is 11.3 Å². The van der Waals surface area contributed by atoms with Gasteiger partial charge in [-0.2, -0.15) is 5.10 Å². The van der Waals surface area contributed by atoms with E-state index < -0.39 is 0 Å². The van der Waals surface area contributed by atoms with Crippen LogP contribution in [0.25, 0.3) is 10.9 Å². The summed E-state index contributed by atoms with van der Waals surface area (Å²) in [5, 5.41) is 8.49. The van der Waals surface area contributed by atoms with Gasteiger partial charge in [-0.1, -0.05) is 41.6 Å². The maximum Gasteiger partial charge on any atom is 0.282 e. The maximum absolute atomic E-state index is 12.7. The molecule has 1 atom stereocenters. The number of hydrazone groups is 1. The van der Waals surface area contributed by atoms with E-state index in [1.807, 2.05) is 56.3 Å². The fourth-order valence-electron chi connectivity index (χ4n) is 3.16. The molecule has 4 rings (SSSR count). The number of carbonyl (C=O) groups excluding carboxylic acids is 1. The molecular formula is C21H19ClN4O2S. The number of anilines is 1. The number of aryl methyl sites for hydroxylation is 2. The van der Waals surface area contributed by atoms with Crippen molar-refractivity contribution in [3.8, 4) is 5.75 Å². The van der Waals surface area contributed by atoms with Crippen LogP contribution in [-0.4, -0.2) is 23.0 Å². The molecule has 0 radical (unpaired) electrons. The smallest absolute Gasteiger partial charge is 0.282 e. The van der Waals surface area contributed by atoms with E-state index in [4.69, 9.17) is 16.3 Å². The third kappa shape index (κ3) is 3.88. The number of nitrogens with one attached hydrogen (secondary N) is 2. The lowest BCUT2D eigenvalue weighted by Crippen LogP contribution is -2.20. The summed E-state index contributed by atoms with van der Waals surface area (Å²) in [5.74, 6) is 0.485. The van der Waals surface area contributed by atoms with Gasteiger partial charge in [-0.3, -0.25) is 10.2 Å². The Labute approximate surface area is 177 Å². The van der Waals surface area contributed by atoms with Crippen molar-refractivity contribution in [2.24, 2.45) is 5.10 Å². The summed E-state index contributed by atoms with van der Waals surface area (Å²) in [6.07, 6.45) is 0. The lowest BCUT2D eigenvalue weighted by molar-refractivity contribution is -0.110. The summed E-state index contributed by atoms with van der Waals surface area (Å²) in [4.78, 5) is 17.2. The van der Waals surface area contributed by atoms with Crippen LogP contribution in [0.5, 0.6) is 5.75 Å². The molecule has 1 unspecified atom stereocenters. The predicted molar refractivity (Wildman–Crippen MR) is 119 cm³/mol. The molecular weight excluding hydrogens is 408 g/mol. The number of ether oxygens (including phenoxy) is 1. The number of aromatic nitrogens is 1. The maximum atomic E-state index is 12.7. The molecule has 2 N–H and O–H groups in total. The average molecular weight is 427 g/mol. The van der Waals surface area contributed by atoms with Crippen LogP contribution in [0.2, 0.25) is 5.15 Å². The summed E-state index contributed by atoms with van der Waals surface area (Å²) in [6, 6.07) is 13.4. The van der Waals surface area contributed by atoms with Crippen LogP contribution in [0.15, 0.2) is 47.6 Å². The van der Waals surface area contributed by atoms with Crippen LogP contribution < -0.4 is 15.5 Å². The van der Waals surface area contributed by atoms with E-state index in [1.54, 1.807) is 7.11 Å². The summed E-state index contributed by atoms with van der Waals surface area (Å²) in [6.45, 7) is 3.92. The van der Waals surface area contributed by atoms with Gasteiger partial charge in [0, 0.05) is 16.6 Å². The van der Waals surface area contributed by atoms with E-state index in [0.717, 1.165) is 39.0 Å². The van der Waals surface area contributed by atoms with Crippen LogP contribution in [0.4, 0.5) is 5.69 Å². The van der Waals surface area contributed by atoms with Crippen LogP contribution in [0, 0.1) is 13.8 Å². The van der Waals surface area contributed by atoms with Crippen molar-refractivity contribution in [1.29, 1.82) is 0 Å². The normalized spacial score (nSPS) is 15.7. The molecule has 1 aromatic heterocycles. The molecule has 29 heavy (non-hydrogen) atoms. The molecule has 2 aromatic carbocycles. The molecule has 8 heteroatoms. The number of para-hydroxylation sites is 1. The molecule has 1 aliphatic heterocycles. The number of nitrogens with zero attached hydrogens (tertiary/aromatic N) is 2. The summed E-state index contributed by atoms with van der Waals surface area (Å²) in [5.41, 5.74) is 7.33. The highest BCUT2D eigenvalue weighted by molar-refractivity contribution is 8.16. The molecule has 1 amide bonds. The minimum absolute atomic E-state index is 0.256. The minimum Gasteiger partial charge on any atom is -0.497 e. The SMILES string of the molecule is COc1ccc2nc(Cl)c(C3NN=C(C(=O)Nc4c(C)cccc4C)S3)cc2c1. The van der Waals surface area contributed by atoms with Crippen molar-refractivity contribution in [2.45, 2.75) is 19.2 Å². The zero-order valence-corrected chi connectivity index (χ0v) is 17.7. The van der Waals surface area contributed by atoms with Crippen molar-refractivity contribution < 1.29 is 9.53 Å². The number of benzene rings is 2. The predicted octanol–water partition coefficient (Wildman–Crippen LogP) is 4.80. The van der Waals surface area contributed by atoms with Gasteiger partial charge in [0.25, 0.3) is 5.91 Å². The van der Waals surface area contributed by atoms with Gasteiger partial charge in [0.1, 0.15) is 16.3 Å². The number of methoxy groups -OCH3 is 1. The van der Waals surface area contributed by atoms with Crippen molar-refractivity contribution in [3.05, 3.63) is 64.3 Å². The fraction of sp³-hybridized carbons (Fsp3) is 0.190. The first kappa shape index (κ1) is 19.5. The molecule has 3 aromatic rings. The number of hydrogen-bond acceptors (Lipinski definition) is 6. The zero-order valence-electron chi connectivity index (χ0n) is 16.1. The van der Waals surface area contributed by atoms with Gasteiger partial charge in [-0.15, -0.1) is 0 Å². The summed E-state index contributed by atoms with van der Waals surface area (Å²) in [7, 11) is 1.62. The van der Waals surface area contributed by atoms with E-state index in [9.17, 15) is 4.79 Å². The molecule has 1 aliphatic rings. The topological polar surface area (TPSA) is 75.6 Å². The van der Waals surface area contributed by atoms with E-state index >= 15 is 0 Å². The third-order valence-electron chi connectivity index (χ3n) is 4.71. The first-order valence-electron chi connectivity index (χ1n) is 8.98. The van der Waals surface area contributed by atoms with Gasteiger partial charge in [0.2, 0.25) is 0 Å². The quantitative estimate of drug-likeness (QED) is 0.586. The lowest BCUT2D eigenvalue weighted by atomic mass is 10.1. The second-order valence-corrected chi connectivity index (χ2v) is 8.14. The van der Waals surface area contributed by atoms with E-state index in [0.29, 0.717) is 10.2 Å². The van der Waals surface area contributed by atoms with Gasteiger partial charge in [0.05, 0.1) is 12.6 Å². The molecule has 0 fully saturated rings.